The Labute approximate surface area is 83.1 Å². The zero-order chi connectivity index (χ0) is 10.6. The van der Waals surface area contributed by atoms with Gasteiger partial charge in [-0.15, -0.1) is 0 Å². The topological polar surface area (TPSA) is 12.0 Å². The number of hydrogen-bond acceptors (Lipinski definition) is 1. The molecule has 0 aliphatic heterocycles. The van der Waals surface area contributed by atoms with E-state index < -0.39 is 11.6 Å². The summed E-state index contributed by atoms with van der Waals surface area (Å²) in [6, 6.07) is 4.25. The molecule has 1 atom stereocenters. The molecule has 0 bridgehead atoms. The van der Waals surface area contributed by atoms with Gasteiger partial charge in [0.05, 0.1) is 0 Å². The summed E-state index contributed by atoms with van der Waals surface area (Å²) in [4.78, 5) is 0. The summed E-state index contributed by atoms with van der Waals surface area (Å²) in [6.45, 7) is 1.98. The molecule has 1 N–H and O–H groups in total. The Morgan fingerprint density at radius 3 is 2.36 bits per heavy atom. The van der Waals surface area contributed by atoms with E-state index >= 15 is 0 Å². The fourth-order valence-electron chi connectivity index (χ4n) is 1.28. The number of rotatable bonds is 4. The first-order valence-electron chi connectivity index (χ1n) is 4.75. The molecule has 1 aromatic carbocycles. The van der Waals surface area contributed by atoms with Gasteiger partial charge < -0.3 is 5.32 Å². The second kappa shape index (κ2) is 5.05. The van der Waals surface area contributed by atoms with Crippen LogP contribution in [0.5, 0.6) is 0 Å². The fourth-order valence-corrected chi connectivity index (χ4v) is 1.28. The third-order valence-corrected chi connectivity index (χ3v) is 2.38. The third kappa shape index (κ3) is 2.77. The standard InChI is InChI=1S/C11H15F2N/c1-8(14-2)6-7-9-10(12)4-3-5-11(9)13/h3-5,8,14H,6-7H2,1-2H3/t8-/m0/s1. The molecule has 0 heterocycles. The van der Waals surface area contributed by atoms with Crippen LogP contribution in [0.3, 0.4) is 0 Å². The minimum atomic E-state index is -0.451. The molecule has 0 amide bonds. The van der Waals surface area contributed by atoms with Crippen molar-refractivity contribution in [3.8, 4) is 0 Å². The van der Waals surface area contributed by atoms with Crippen LogP contribution in [0.15, 0.2) is 18.2 Å². The van der Waals surface area contributed by atoms with Gasteiger partial charge >= 0.3 is 0 Å². The van der Waals surface area contributed by atoms with Gasteiger partial charge in [0.15, 0.2) is 0 Å². The Bertz CT molecular complexity index is 279. The molecule has 0 fully saturated rings. The molecule has 0 aromatic heterocycles. The van der Waals surface area contributed by atoms with Gasteiger partial charge in [-0.2, -0.15) is 0 Å². The van der Waals surface area contributed by atoms with Crippen molar-refractivity contribution in [1.29, 1.82) is 0 Å². The second-order valence-corrected chi connectivity index (χ2v) is 3.43. The Morgan fingerprint density at radius 2 is 1.86 bits per heavy atom. The molecule has 78 valence electrons. The molecule has 0 saturated carbocycles. The summed E-state index contributed by atoms with van der Waals surface area (Å²) in [6.07, 6.45) is 1.16. The minimum Gasteiger partial charge on any atom is -0.317 e. The molecule has 0 radical (unpaired) electrons. The van der Waals surface area contributed by atoms with Crippen LogP contribution in [-0.2, 0) is 6.42 Å². The lowest BCUT2D eigenvalue weighted by Crippen LogP contribution is -2.21. The lowest BCUT2D eigenvalue weighted by atomic mass is 10.1. The van der Waals surface area contributed by atoms with Gasteiger partial charge in [-0.1, -0.05) is 6.07 Å². The van der Waals surface area contributed by atoms with Gasteiger partial charge in [0.2, 0.25) is 0 Å². The monoisotopic (exact) mass is 199 g/mol. The van der Waals surface area contributed by atoms with Crippen LogP contribution >= 0.6 is 0 Å². The Kier molecular flexibility index (Phi) is 4.01. The van der Waals surface area contributed by atoms with Gasteiger partial charge in [0.1, 0.15) is 11.6 Å². The highest BCUT2D eigenvalue weighted by Crippen LogP contribution is 2.14. The average molecular weight is 199 g/mol. The quantitative estimate of drug-likeness (QED) is 0.785. The van der Waals surface area contributed by atoms with E-state index in [1.165, 1.54) is 18.2 Å². The Balaban J connectivity index is 2.66. The van der Waals surface area contributed by atoms with E-state index in [1.807, 2.05) is 14.0 Å². The smallest absolute Gasteiger partial charge is 0.129 e. The molecule has 1 aromatic rings. The maximum absolute atomic E-state index is 13.1. The predicted molar refractivity (Wildman–Crippen MR) is 53.2 cm³/mol. The van der Waals surface area contributed by atoms with Crippen LogP contribution in [0.25, 0.3) is 0 Å². The van der Waals surface area contributed by atoms with E-state index in [9.17, 15) is 8.78 Å². The molecule has 0 aliphatic carbocycles. The summed E-state index contributed by atoms with van der Waals surface area (Å²) < 4.78 is 26.3. The molecule has 0 saturated heterocycles. The molecular formula is C11H15F2N. The van der Waals surface area contributed by atoms with Crippen molar-refractivity contribution in [1.82, 2.24) is 5.32 Å². The predicted octanol–water partition coefficient (Wildman–Crippen LogP) is 2.51. The van der Waals surface area contributed by atoms with Crippen molar-refractivity contribution in [3.63, 3.8) is 0 Å². The molecule has 1 nitrogen and oxygen atoms in total. The maximum Gasteiger partial charge on any atom is 0.129 e. The lowest BCUT2D eigenvalue weighted by Gasteiger charge is -2.10. The first-order chi connectivity index (χ1) is 6.65. The van der Waals surface area contributed by atoms with E-state index in [4.69, 9.17) is 0 Å². The summed E-state index contributed by atoms with van der Waals surface area (Å²) in [5.74, 6) is -0.901. The average Bonchev–Trinajstić information content (AvgIpc) is 2.16. The van der Waals surface area contributed by atoms with Gasteiger partial charge in [0.25, 0.3) is 0 Å². The van der Waals surface area contributed by atoms with E-state index in [0.717, 1.165) is 6.42 Å². The van der Waals surface area contributed by atoms with Crippen LogP contribution in [0, 0.1) is 11.6 Å². The number of nitrogens with one attached hydrogen (secondary N) is 1. The summed E-state index contributed by atoms with van der Waals surface area (Å²) in [5.41, 5.74) is 0.189. The molecule has 0 unspecified atom stereocenters. The molecule has 3 heteroatoms. The van der Waals surface area contributed by atoms with Crippen LogP contribution in [0.2, 0.25) is 0 Å². The maximum atomic E-state index is 13.1. The zero-order valence-electron chi connectivity index (χ0n) is 8.48. The zero-order valence-corrected chi connectivity index (χ0v) is 8.48. The molecule has 0 spiro atoms. The summed E-state index contributed by atoms with van der Waals surface area (Å²) in [5, 5.41) is 3.03. The van der Waals surface area contributed by atoms with Crippen LogP contribution in [-0.4, -0.2) is 13.1 Å². The minimum absolute atomic E-state index is 0.189. The second-order valence-electron chi connectivity index (χ2n) is 3.43. The van der Waals surface area contributed by atoms with E-state index in [0.29, 0.717) is 6.42 Å². The van der Waals surface area contributed by atoms with Crippen molar-refractivity contribution in [3.05, 3.63) is 35.4 Å². The van der Waals surface area contributed by atoms with Gasteiger partial charge in [-0.3, -0.25) is 0 Å². The largest absolute Gasteiger partial charge is 0.317 e. The Morgan fingerprint density at radius 1 is 1.29 bits per heavy atom. The van der Waals surface area contributed by atoms with Gasteiger partial charge in [-0.25, -0.2) is 8.78 Å². The highest BCUT2D eigenvalue weighted by atomic mass is 19.1. The van der Waals surface area contributed by atoms with Crippen LogP contribution in [0.1, 0.15) is 18.9 Å². The van der Waals surface area contributed by atoms with Crippen LogP contribution in [0.4, 0.5) is 8.78 Å². The summed E-state index contributed by atoms with van der Waals surface area (Å²) in [7, 11) is 1.84. The van der Waals surface area contributed by atoms with Crippen LogP contribution < -0.4 is 5.32 Å². The van der Waals surface area contributed by atoms with E-state index in [2.05, 4.69) is 5.32 Å². The van der Waals surface area contributed by atoms with Crippen molar-refractivity contribution < 1.29 is 8.78 Å². The SMILES string of the molecule is CN[C@@H](C)CCc1c(F)cccc1F. The number of halogens is 2. The van der Waals surface area contributed by atoms with E-state index in [-0.39, 0.29) is 11.6 Å². The molecule has 0 aliphatic rings. The molecular weight excluding hydrogens is 184 g/mol. The van der Waals surface area contributed by atoms with Gasteiger partial charge in [-0.05, 0) is 38.9 Å². The van der Waals surface area contributed by atoms with Crippen molar-refractivity contribution in [2.24, 2.45) is 0 Å². The Hall–Kier alpha value is -0.960. The highest BCUT2D eigenvalue weighted by Gasteiger charge is 2.09. The first-order valence-corrected chi connectivity index (χ1v) is 4.75. The van der Waals surface area contributed by atoms with Crippen molar-refractivity contribution >= 4 is 0 Å². The van der Waals surface area contributed by atoms with E-state index in [1.54, 1.807) is 0 Å². The third-order valence-electron chi connectivity index (χ3n) is 2.38. The lowest BCUT2D eigenvalue weighted by molar-refractivity contribution is 0.518. The summed E-state index contributed by atoms with van der Waals surface area (Å²) >= 11 is 0. The van der Waals surface area contributed by atoms with Crippen molar-refractivity contribution in [2.45, 2.75) is 25.8 Å². The molecule has 1 rings (SSSR count). The number of benzene rings is 1. The van der Waals surface area contributed by atoms with Gasteiger partial charge in [0, 0.05) is 11.6 Å². The van der Waals surface area contributed by atoms with Crippen molar-refractivity contribution in [2.75, 3.05) is 7.05 Å². The fraction of sp³-hybridized carbons (Fsp3) is 0.455. The normalized spacial score (nSPS) is 12.9. The first kappa shape index (κ1) is 11.1. The molecule has 14 heavy (non-hydrogen) atoms. The highest BCUT2D eigenvalue weighted by molar-refractivity contribution is 5.19. The number of hydrogen-bond donors (Lipinski definition) is 1.